The molecule has 0 amide bonds. The largest absolute Gasteiger partial charge is 0.0620 e. The molecule has 0 nitrogen and oxygen atoms in total. The summed E-state index contributed by atoms with van der Waals surface area (Å²) in [7, 11) is 0. The van der Waals surface area contributed by atoms with Crippen molar-refractivity contribution in [3.05, 3.63) is 244 Å². The van der Waals surface area contributed by atoms with Gasteiger partial charge in [-0.3, -0.25) is 0 Å². The zero-order valence-electron chi connectivity index (χ0n) is 65.3. The first-order valence-electron chi connectivity index (χ1n) is 35.0. The van der Waals surface area contributed by atoms with Crippen molar-refractivity contribution < 1.29 is 4.11 Å². The topological polar surface area (TPSA) is 0 Å². The van der Waals surface area contributed by atoms with Gasteiger partial charge in [0.25, 0.3) is 0 Å². The molecule has 0 N–H and O–H groups in total. The third-order valence-corrected chi connectivity index (χ3v) is 17.1. The highest BCUT2D eigenvalue weighted by Gasteiger charge is 2.17. The monoisotopic (exact) mass is 1180 g/mol. The van der Waals surface area contributed by atoms with Gasteiger partial charge in [-0.2, -0.15) is 0 Å². The van der Waals surface area contributed by atoms with Gasteiger partial charge in [0.15, 0.2) is 0 Å². The van der Waals surface area contributed by atoms with Gasteiger partial charge in [-0.05, 0) is 252 Å². The van der Waals surface area contributed by atoms with E-state index in [1.54, 1.807) is 12.1 Å². The maximum absolute atomic E-state index is 7.17. The van der Waals surface area contributed by atoms with Crippen LogP contribution in [-0.4, -0.2) is 0 Å². The Kier molecular flexibility index (Phi) is 31.9. The van der Waals surface area contributed by atoms with Crippen LogP contribution in [-0.2, 0) is 5.41 Å². The van der Waals surface area contributed by atoms with Gasteiger partial charge in [0.05, 0.1) is 0 Å². The van der Waals surface area contributed by atoms with Crippen LogP contribution in [0.5, 0.6) is 0 Å². The van der Waals surface area contributed by atoms with Crippen molar-refractivity contribution in [2.75, 3.05) is 0 Å². The van der Waals surface area contributed by atoms with Crippen molar-refractivity contribution in [1.82, 2.24) is 0 Å². The number of hydrogen-bond donors (Lipinski definition) is 0. The van der Waals surface area contributed by atoms with Crippen molar-refractivity contribution >= 4 is 0 Å². The van der Waals surface area contributed by atoms with Gasteiger partial charge in [-0.1, -0.05) is 292 Å². The lowest BCUT2D eigenvalue weighted by Crippen LogP contribution is -2.12. The molecule has 0 saturated carbocycles. The lowest BCUT2D eigenvalue weighted by Gasteiger charge is -2.21. The Balaban J connectivity index is 0.000000528. The fourth-order valence-electron chi connectivity index (χ4n) is 11.0. The molecule has 0 atom stereocenters. The van der Waals surface area contributed by atoms with E-state index in [-0.39, 0.29) is 5.41 Å². The first-order chi connectivity index (χ1) is 41.3. The molecular weight excluding hydrogens is 1040 g/mol. The number of rotatable bonds is 10. The molecule has 0 bridgehead atoms. The van der Waals surface area contributed by atoms with E-state index in [0.717, 1.165) is 11.1 Å². The molecule has 480 valence electrons. The van der Waals surface area contributed by atoms with Gasteiger partial charge in [-0.15, -0.1) is 0 Å². The van der Waals surface area contributed by atoms with Gasteiger partial charge in [-0.25, -0.2) is 0 Å². The highest BCUT2D eigenvalue weighted by Crippen LogP contribution is 2.34. The van der Waals surface area contributed by atoms with Crippen molar-refractivity contribution in [3.63, 3.8) is 0 Å². The quantitative estimate of drug-likeness (QED) is 0.128. The van der Waals surface area contributed by atoms with Gasteiger partial charge in [0.2, 0.25) is 0 Å². The standard InChI is InChI=1S/2C16H26.2C13H20.C11H16.2C9H12/c2*1-10(2)14-8-15(11(3)4)13(7)16(9-14)12(5)6;2*1-9(2)12-7-6-11(5)13(8-12)10(3)4;1-9-7-5-6-8-10(9)11(2,3)4;2*1-7-4-5-8(2)9(3)6-7/h2*8-12H,1-7H3;2*6-10H,1-5H3;5-8H,1-4H3;2*4-6H,1-3H3/i;;;;;1D3;. The summed E-state index contributed by atoms with van der Waals surface area (Å²) in [5.74, 6) is 6.28. The zero-order valence-corrected chi connectivity index (χ0v) is 62.3. The molecule has 0 aliphatic carbocycles. The predicted octanol–water partition coefficient (Wildman–Crippen LogP) is 27.7. The van der Waals surface area contributed by atoms with Crippen molar-refractivity contribution in [1.29, 1.82) is 0 Å². The number of benzene rings is 7. The normalized spacial score (nSPS) is 11.9. The molecule has 0 fully saturated rings. The summed E-state index contributed by atoms with van der Waals surface area (Å²) < 4.78 is 21.5. The van der Waals surface area contributed by atoms with E-state index in [1.807, 2.05) is 19.9 Å². The van der Waals surface area contributed by atoms with Gasteiger partial charge in [0.1, 0.15) is 0 Å². The maximum Gasteiger partial charge on any atom is 0.0280 e. The van der Waals surface area contributed by atoms with Crippen molar-refractivity contribution in [2.24, 2.45) is 0 Å². The lowest BCUT2D eigenvalue weighted by molar-refractivity contribution is 0.586. The predicted molar refractivity (Wildman–Crippen MR) is 397 cm³/mol. The van der Waals surface area contributed by atoms with E-state index in [0.29, 0.717) is 64.7 Å². The van der Waals surface area contributed by atoms with Crippen molar-refractivity contribution in [2.45, 2.75) is 300 Å². The second-order valence-corrected chi connectivity index (χ2v) is 29.4. The average Bonchev–Trinajstić information content (AvgIpc) is 0.956. The summed E-state index contributed by atoms with van der Waals surface area (Å²) in [5.41, 5.74) is 30.6. The minimum Gasteiger partial charge on any atom is -0.0620 e. The molecule has 0 heterocycles. The molecular formula is C87H132. The zero-order chi connectivity index (χ0) is 69.6. The Morgan fingerprint density at radius 3 is 0.770 bits per heavy atom. The third-order valence-electron chi connectivity index (χ3n) is 17.1. The highest BCUT2D eigenvalue weighted by molar-refractivity contribution is 5.44. The molecule has 87 heavy (non-hydrogen) atoms. The van der Waals surface area contributed by atoms with E-state index < -0.39 is 6.85 Å². The van der Waals surface area contributed by atoms with E-state index in [9.17, 15) is 0 Å². The summed E-state index contributed by atoms with van der Waals surface area (Å²) in [5, 5.41) is 0. The molecule has 0 aliphatic heterocycles. The number of aryl methyl sites for hydroxylation is 9. The van der Waals surface area contributed by atoms with Crippen LogP contribution >= 0.6 is 0 Å². The first-order valence-corrected chi connectivity index (χ1v) is 33.5. The Hall–Kier alpha value is -5.46. The molecule has 0 aromatic heterocycles. The van der Waals surface area contributed by atoms with Crippen molar-refractivity contribution in [3.8, 4) is 0 Å². The van der Waals surface area contributed by atoms with Crippen LogP contribution in [0.2, 0.25) is 0 Å². The first kappa shape index (κ1) is 74.0. The Bertz CT molecular complexity index is 3050. The molecule has 0 spiro atoms. The summed E-state index contributed by atoms with van der Waals surface area (Å²) in [4.78, 5) is 0. The molecule has 0 saturated heterocycles. The van der Waals surface area contributed by atoms with Crippen LogP contribution in [0.1, 0.15) is 345 Å². The molecule has 7 aromatic rings. The van der Waals surface area contributed by atoms with Gasteiger partial charge in [0, 0.05) is 4.11 Å². The Labute approximate surface area is 544 Å². The number of hydrogen-bond acceptors (Lipinski definition) is 0. The van der Waals surface area contributed by atoms with E-state index >= 15 is 0 Å². The van der Waals surface area contributed by atoms with E-state index in [2.05, 4.69) is 318 Å². The summed E-state index contributed by atoms with van der Waals surface area (Å²) >= 11 is 0. The molecule has 0 unspecified atom stereocenters. The molecule has 7 aromatic carbocycles. The van der Waals surface area contributed by atoms with Crippen LogP contribution < -0.4 is 0 Å². The summed E-state index contributed by atoms with van der Waals surface area (Å²) in [6.07, 6.45) is 0. The minimum absolute atomic E-state index is 0.283. The van der Waals surface area contributed by atoms with Crippen LogP contribution in [0.3, 0.4) is 0 Å². The summed E-state index contributed by atoms with van der Waals surface area (Å²) in [6.45, 7) is 71.6. The second kappa shape index (κ2) is 37.5. The third kappa shape index (κ3) is 27.0. The smallest absolute Gasteiger partial charge is 0.0280 e. The SMILES string of the molecule is Cc1c(C(C)C)cc(C(C)C)cc1C(C)C.Cc1c(C(C)C)cc(C(C)C)cc1C(C)C.Cc1ccc(C(C)C)cc1C(C)C.Cc1ccc(C(C)C)cc1C(C)C.Cc1ccc(C)c(C)c1.Cc1ccccc1C(C)(C)C.[2H]C([2H])([2H])c1ccc(C)c(C)c1. The lowest BCUT2D eigenvalue weighted by atomic mass is 9.84. The fourth-order valence-corrected chi connectivity index (χ4v) is 11.0. The average molecular weight is 1180 g/mol. The van der Waals surface area contributed by atoms with Crippen LogP contribution in [0, 0.1) is 76.1 Å². The van der Waals surface area contributed by atoms with Crippen LogP contribution in [0.25, 0.3) is 0 Å². The van der Waals surface area contributed by atoms with Crippen LogP contribution in [0.4, 0.5) is 0 Å². The second-order valence-electron chi connectivity index (χ2n) is 29.4. The van der Waals surface area contributed by atoms with Gasteiger partial charge >= 0.3 is 0 Å². The van der Waals surface area contributed by atoms with E-state index in [1.165, 1.54) is 106 Å². The van der Waals surface area contributed by atoms with E-state index in [4.69, 9.17) is 4.11 Å². The fraction of sp³-hybridized carbons (Fsp3) is 0.517. The Morgan fingerprint density at radius 1 is 0.253 bits per heavy atom. The molecule has 7 rings (SSSR count). The molecule has 0 radical (unpaired) electrons. The minimum atomic E-state index is -1.97. The Morgan fingerprint density at radius 2 is 0.529 bits per heavy atom. The van der Waals surface area contributed by atoms with Gasteiger partial charge < -0.3 is 0 Å². The summed E-state index contributed by atoms with van der Waals surface area (Å²) in [6, 6.07) is 43.6. The molecule has 0 heteroatoms. The van der Waals surface area contributed by atoms with Crippen LogP contribution in [0.15, 0.2) is 121 Å². The molecule has 0 aliphatic rings. The maximum atomic E-state index is 7.17. The highest BCUT2D eigenvalue weighted by atomic mass is 14.2.